The Morgan fingerprint density at radius 1 is 0.800 bits per heavy atom. The first-order valence-corrected chi connectivity index (χ1v) is 21.1. The normalized spacial score (nSPS) is 21.5. The quantitative estimate of drug-likeness (QED) is 0.155. The first-order chi connectivity index (χ1) is 28.8. The molecule has 0 bridgehead atoms. The van der Waals surface area contributed by atoms with Crippen molar-refractivity contribution in [2.24, 2.45) is 16.8 Å². The number of carbonyl (C=O) groups is 4. The van der Waals surface area contributed by atoms with Gasteiger partial charge in [-0.2, -0.15) is 0 Å². The Kier molecular flexibility index (Phi) is 11.1. The Labute approximate surface area is 350 Å². The van der Waals surface area contributed by atoms with Crippen LogP contribution in [0.3, 0.4) is 0 Å². The highest BCUT2D eigenvalue weighted by Gasteiger charge is 2.43. The van der Waals surface area contributed by atoms with E-state index >= 15 is 0 Å². The van der Waals surface area contributed by atoms with Crippen molar-refractivity contribution < 1.29 is 33.4 Å². The number of benzene rings is 3. The molecule has 1 aromatic heterocycles. The van der Waals surface area contributed by atoms with E-state index in [0.29, 0.717) is 18.9 Å². The first kappa shape index (κ1) is 40.8. The Balaban J connectivity index is 1.01. The predicted octanol–water partition coefficient (Wildman–Crippen LogP) is 7.61. The third-order valence-electron chi connectivity index (χ3n) is 12.8. The fourth-order valence-electron chi connectivity index (χ4n) is 9.57. The molecule has 3 aromatic carbocycles. The molecule has 316 valence electrons. The molecule has 0 saturated carbocycles. The molecule has 0 radical (unpaired) electrons. The lowest BCUT2D eigenvalue weighted by Crippen LogP contribution is -2.55. The van der Waals surface area contributed by atoms with Crippen molar-refractivity contribution in [3.05, 3.63) is 65.6 Å². The zero-order valence-corrected chi connectivity index (χ0v) is 35.6. The maximum absolute atomic E-state index is 14.0. The summed E-state index contributed by atoms with van der Waals surface area (Å²) >= 11 is 0. The van der Waals surface area contributed by atoms with Gasteiger partial charge in [-0.1, -0.05) is 45.9 Å². The minimum atomic E-state index is -0.715. The molecule has 5 heterocycles. The first-order valence-electron chi connectivity index (χ1n) is 21.1. The number of aromatic nitrogens is 2. The average molecular weight is 818 g/mol. The molecule has 4 aliphatic rings. The maximum atomic E-state index is 14.0. The second kappa shape index (κ2) is 16.3. The van der Waals surface area contributed by atoms with Crippen LogP contribution in [0.2, 0.25) is 0 Å². The number of ether oxygens (including phenoxy) is 3. The van der Waals surface area contributed by atoms with Crippen molar-refractivity contribution in [3.63, 3.8) is 0 Å². The summed E-state index contributed by atoms with van der Waals surface area (Å²) < 4.78 is 16.1. The summed E-state index contributed by atoms with van der Waals surface area (Å²) in [7, 11) is 2.60. The molecule has 8 rings (SSSR count). The van der Waals surface area contributed by atoms with Gasteiger partial charge in [0.2, 0.25) is 11.8 Å². The SMILES string of the molecule is COC(=O)N[C@H](C(=O)N1[C@@H](C)CC[C@H]1C1=Nc2ccc3cc4c(cc3c2C1)OCc1cc(-c2cnc([C@@H]3CC[C@H](C)N3C(=O)[C@@H](NC(=O)OC)C(C)C)[nH]2)ccc1-4)C(C)C. The zero-order valence-electron chi connectivity index (χ0n) is 35.6. The molecule has 14 nitrogen and oxygen atoms in total. The van der Waals surface area contributed by atoms with Crippen LogP contribution in [0.1, 0.15) is 90.2 Å². The van der Waals surface area contributed by atoms with Crippen LogP contribution >= 0.6 is 0 Å². The summed E-state index contributed by atoms with van der Waals surface area (Å²) in [5, 5.41) is 7.66. The Morgan fingerprint density at radius 2 is 1.43 bits per heavy atom. The summed E-state index contributed by atoms with van der Waals surface area (Å²) in [6, 6.07) is 13.1. The van der Waals surface area contributed by atoms with Crippen LogP contribution in [0.5, 0.6) is 5.75 Å². The standard InChI is InChI=1S/C46H55N7O7/c1-23(2)40(50-45(56)58-7)43(54)52-25(5)9-15-37(52)35-19-32-31-20-39-33(18-27(31)12-14-34(32)48-35)30-13-11-28(17-29(30)22-60-39)36-21-47-42(49-36)38-16-10-26(6)53(38)44(55)41(24(3)4)51-46(57)59-8/h11-14,17-18,20-21,23-26,37-38,40-41H,9-10,15-16,19,22H2,1-8H3,(H,47,49)(H,50,56)(H,51,57)/t25-,26-,37-,38-,40-,41-/m0/s1. The summed E-state index contributed by atoms with van der Waals surface area (Å²) in [5.41, 5.74) is 8.00. The highest BCUT2D eigenvalue weighted by atomic mass is 16.5. The van der Waals surface area contributed by atoms with E-state index in [-0.39, 0.29) is 47.8 Å². The van der Waals surface area contributed by atoms with Gasteiger partial charge in [-0.15, -0.1) is 0 Å². The van der Waals surface area contributed by atoms with Crippen molar-refractivity contribution in [2.75, 3.05) is 14.2 Å². The van der Waals surface area contributed by atoms with Gasteiger partial charge in [0.05, 0.1) is 43.9 Å². The van der Waals surface area contributed by atoms with Crippen molar-refractivity contribution in [1.82, 2.24) is 30.4 Å². The van der Waals surface area contributed by atoms with E-state index in [1.165, 1.54) is 14.2 Å². The number of nitrogens with one attached hydrogen (secondary N) is 3. The van der Waals surface area contributed by atoms with Gasteiger partial charge >= 0.3 is 12.2 Å². The van der Waals surface area contributed by atoms with E-state index in [1.54, 1.807) is 0 Å². The topological polar surface area (TPSA) is 168 Å². The van der Waals surface area contributed by atoms with E-state index in [1.807, 2.05) is 50.6 Å². The molecule has 4 aromatic rings. The fourth-order valence-corrected chi connectivity index (χ4v) is 9.57. The molecule has 0 aliphatic carbocycles. The zero-order chi connectivity index (χ0) is 42.6. The van der Waals surface area contributed by atoms with Gasteiger partial charge in [0.25, 0.3) is 0 Å². The molecule has 60 heavy (non-hydrogen) atoms. The lowest BCUT2D eigenvalue weighted by molar-refractivity contribution is -0.137. The highest BCUT2D eigenvalue weighted by Crippen LogP contribution is 2.45. The molecule has 2 fully saturated rings. The van der Waals surface area contributed by atoms with Gasteiger partial charge < -0.3 is 39.6 Å². The number of carbonyl (C=O) groups excluding carboxylic acids is 4. The molecular formula is C46H55N7O7. The molecule has 4 amide bonds. The number of aliphatic imine (C=N–C) groups is 1. The molecule has 3 N–H and O–H groups in total. The number of rotatable bonds is 9. The van der Waals surface area contributed by atoms with E-state index in [2.05, 4.69) is 65.0 Å². The second-order valence-corrected chi connectivity index (χ2v) is 17.3. The molecule has 14 heteroatoms. The fraction of sp³-hybridized carbons (Fsp3) is 0.478. The molecule has 2 saturated heterocycles. The second-order valence-electron chi connectivity index (χ2n) is 17.3. The van der Waals surface area contributed by atoms with Crippen LogP contribution in [-0.2, 0) is 32.1 Å². The van der Waals surface area contributed by atoms with E-state index < -0.39 is 24.3 Å². The number of aromatic amines is 1. The van der Waals surface area contributed by atoms with Crippen molar-refractivity contribution in [3.8, 4) is 28.1 Å². The predicted molar refractivity (Wildman–Crippen MR) is 228 cm³/mol. The van der Waals surface area contributed by atoms with Crippen LogP contribution in [0.25, 0.3) is 33.2 Å². The minimum Gasteiger partial charge on any atom is -0.488 e. The number of hydrogen-bond acceptors (Lipinski definition) is 9. The number of fused-ring (bicyclic) bond motifs is 6. The van der Waals surface area contributed by atoms with Crippen molar-refractivity contribution in [1.29, 1.82) is 0 Å². The van der Waals surface area contributed by atoms with Crippen LogP contribution in [-0.4, -0.2) is 93.9 Å². The number of hydrogen-bond donors (Lipinski definition) is 3. The molecule has 6 atom stereocenters. The van der Waals surface area contributed by atoms with E-state index in [0.717, 1.165) is 87.1 Å². The number of nitrogens with zero attached hydrogens (tertiary/aromatic N) is 4. The number of H-pyrrole nitrogens is 1. The van der Waals surface area contributed by atoms with Crippen molar-refractivity contribution in [2.45, 2.75) is 117 Å². The van der Waals surface area contributed by atoms with Gasteiger partial charge in [0, 0.05) is 29.8 Å². The summed E-state index contributed by atoms with van der Waals surface area (Å²) in [4.78, 5) is 69.3. The Hall–Kier alpha value is -5.92. The molecule has 4 aliphatic heterocycles. The highest BCUT2D eigenvalue weighted by molar-refractivity contribution is 6.06. The number of likely N-dealkylation sites (tertiary alicyclic amines) is 2. The lowest BCUT2D eigenvalue weighted by atomic mass is 9.90. The molecular weight excluding hydrogens is 763 g/mol. The third kappa shape index (κ3) is 7.34. The third-order valence-corrected chi connectivity index (χ3v) is 12.8. The van der Waals surface area contributed by atoms with Crippen LogP contribution in [0.4, 0.5) is 15.3 Å². The summed E-state index contributed by atoms with van der Waals surface area (Å²) in [5.74, 6) is 1.03. The van der Waals surface area contributed by atoms with E-state index in [9.17, 15) is 19.2 Å². The largest absolute Gasteiger partial charge is 0.488 e. The van der Waals surface area contributed by atoms with E-state index in [4.69, 9.17) is 24.2 Å². The van der Waals surface area contributed by atoms with Gasteiger partial charge in [0.1, 0.15) is 30.3 Å². The minimum absolute atomic E-state index is 0.0116. The molecule has 0 spiro atoms. The smallest absolute Gasteiger partial charge is 0.407 e. The average Bonchev–Trinajstić information content (AvgIpc) is 4.06. The Bertz CT molecular complexity index is 2390. The lowest BCUT2D eigenvalue weighted by Gasteiger charge is -2.33. The van der Waals surface area contributed by atoms with Gasteiger partial charge in [-0.3, -0.25) is 14.6 Å². The summed E-state index contributed by atoms with van der Waals surface area (Å²) in [6.45, 7) is 12.2. The number of amides is 4. The number of imidazole rings is 1. The number of alkyl carbamates (subject to hydrolysis) is 2. The van der Waals surface area contributed by atoms with Crippen molar-refractivity contribution >= 4 is 46.2 Å². The van der Waals surface area contributed by atoms with Crippen LogP contribution in [0, 0.1) is 11.8 Å². The maximum Gasteiger partial charge on any atom is 0.407 e. The van der Waals surface area contributed by atoms with Gasteiger partial charge in [-0.25, -0.2) is 14.6 Å². The van der Waals surface area contributed by atoms with Crippen LogP contribution in [0.15, 0.2) is 53.7 Å². The monoisotopic (exact) mass is 817 g/mol. The van der Waals surface area contributed by atoms with Gasteiger partial charge in [-0.05, 0) is 109 Å². The van der Waals surface area contributed by atoms with Crippen LogP contribution < -0.4 is 15.4 Å². The summed E-state index contributed by atoms with van der Waals surface area (Å²) in [6.07, 6.45) is 4.45. The molecule has 0 unspecified atom stereocenters. The number of methoxy groups -OCH3 is 2. The van der Waals surface area contributed by atoms with Gasteiger partial charge in [0.15, 0.2) is 0 Å². The Morgan fingerprint density at radius 3 is 2.07 bits per heavy atom.